The van der Waals surface area contributed by atoms with Gasteiger partial charge in [0.05, 0.1) is 6.04 Å². The van der Waals surface area contributed by atoms with Crippen LogP contribution in [0.5, 0.6) is 0 Å². The van der Waals surface area contributed by atoms with Gasteiger partial charge in [-0.05, 0) is 59.1 Å². The molecule has 2 amide bonds. The number of aryl methyl sites for hydroxylation is 2. The van der Waals surface area contributed by atoms with Gasteiger partial charge in [0.25, 0.3) is 0 Å². The van der Waals surface area contributed by atoms with E-state index >= 15 is 0 Å². The number of halogens is 3. The van der Waals surface area contributed by atoms with Gasteiger partial charge in [0.2, 0.25) is 11.8 Å². The van der Waals surface area contributed by atoms with Crippen molar-refractivity contribution < 1.29 is 22.8 Å². The monoisotopic (exact) mass is 430 g/mol. The summed E-state index contributed by atoms with van der Waals surface area (Å²) in [6, 6.07) is 9.95. The first kappa shape index (κ1) is 21.4. The quantitative estimate of drug-likeness (QED) is 0.704. The lowest BCUT2D eigenvalue weighted by Crippen LogP contribution is -2.54. The summed E-state index contributed by atoms with van der Waals surface area (Å²) in [5, 5.41) is 4.89. The van der Waals surface area contributed by atoms with Crippen molar-refractivity contribution in [1.82, 2.24) is 10.6 Å². The molecule has 0 radical (unpaired) electrons. The first-order valence-electron chi connectivity index (χ1n) is 10.7. The van der Waals surface area contributed by atoms with E-state index in [0.29, 0.717) is 0 Å². The van der Waals surface area contributed by atoms with Crippen LogP contribution in [0.2, 0.25) is 0 Å². The van der Waals surface area contributed by atoms with Crippen LogP contribution in [0, 0.1) is 5.92 Å². The number of hydrogen-bond donors (Lipinski definition) is 2. The molecule has 1 heterocycles. The number of amides is 2. The van der Waals surface area contributed by atoms with E-state index in [1.807, 2.05) is 29.6 Å². The summed E-state index contributed by atoms with van der Waals surface area (Å²) in [4.78, 5) is 25.2. The Labute approximate surface area is 179 Å². The second-order valence-corrected chi connectivity index (χ2v) is 8.22. The summed E-state index contributed by atoms with van der Waals surface area (Å²) >= 11 is 0. The molecular formula is C24H25F3N2O2. The normalized spacial score (nSPS) is 20.7. The van der Waals surface area contributed by atoms with E-state index < -0.39 is 36.0 Å². The van der Waals surface area contributed by atoms with Crippen molar-refractivity contribution in [2.45, 2.75) is 57.8 Å². The lowest BCUT2D eigenvalue weighted by Gasteiger charge is -2.30. The van der Waals surface area contributed by atoms with Crippen LogP contribution in [-0.4, -0.2) is 24.0 Å². The van der Waals surface area contributed by atoms with Crippen LogP contribution in [0.3, 0.4) is 0 Å². The van der Waals surface area contributed by atoms with Crippen molar-refractivity contribution in [3.05, 3.63) is 58.7 Å². The standard InChI is InChI=1S/C24H25F3N2O2/c1-3-13-5-7-15-18(11-13)19-12-14(4-2)6-8-16(19)21(15)29-23(31)17-9-10-20(24(25,26)27)28-22(17)30/h5-8,11-12,17,20-21H,3-4,9-10H2,1-2H3,(H,28,30)(H,29,31). The minimum atomic E-state index is -4.51. The van der Waals surface area contributed by atoms with Crippen LogP contribution >= 0.6 is 0 Å². The Morgan fingerprint density at radius 3 is 2.00 bits per heavy atom. The predicted octanol–water partition coefficient (Wildman–Crippen LogP) is 4.45. The molecule has 7 heteroatoms. The zero-order valence-corrected chi connectivity index (χ0v) is 17.5. The van der Waals surface area contributed by atoms with E-state index in [1.165, 1.54) is 11.1 Å². The molecule has 2 N–H and O–H groups in total. The zero-order valence-electron chi connectivity index (χ0n) is 17.5. The number of alkyl halides is 3. The number of rotatable bonds is 4. The molecule has 2 unspecified atom stereocenters. The molecule has 2 aliphatic rings. The van der Waals surface area contributed by atoms with E-state index in [1.54, 1.807) is 0 Å². The van der Waals surface area contributed by atoms with Crippen molar-refractivity contribution in [3.8, 4) is 11.1 Å². The summed E-state index contributed by atoms with van der Waals surface area (Å²) < 4.78 is 38.7. The van der Waals surface area contributed by atoms with Gasteiger partial charge >= 0.3 is 6.18 Å². The highest BCUT2D eigenvalue weighted by Gasteiger charge is 2.46. The first-order valence-corrected chi connectivity index (χ1v) is 10.7. The highest BCUT2D eigenvalue weighted by molar-refractivity contribution is 6.01. The number of fused-ring (bicyclic) bond motifs is 3. The Morgan fingerprint density at radius 2 is 1.55 bits per heavy atom. The zero-order chi connectivity index (χ0) is 22.3. The molecule has 2 atom stereocenters. The summed E-state index contributed by atoms with van der Waals surface area (Å²) in [6.07, 6.45) is -3.16. The predicted molar refractivity (Wildman–Crippen MR) is 111 cm³/mol. The third-order valence-corrected chi connectivity index (χ3v) is 6.34. The Morgan fingerprint density at radius 1 is 1.00 bits per heavy atom. The average molecular weight is 430 g/mol. The minimum Gasteiger partial charge on any atom is -0.344 e. The third-order valence-electron chi connectivity index (χ3n) is 6.34. The van der Waals surface area contributed by atoms with E-state index in [2.05, 4.69) is 31.3 Å². The molecular weight excluding hydrogens is 405 g/mol. The molecule has 1 fully saturated rings. The van der Waals surface area contributed by atoms with Crippen molar-refractivity contribution in [1.29, 1.82) is 0 Å². The maximum Gasteiger partial charge on any atom is 0.408 e. The largest absolute Gasteiger partial charge is 0.408 e. The number of carbonyl (C=O) groups is 2. The number of hydrogen-bond acceptors (Lipinski definition) is 2. The van der Waals surface area contributed by atoms with Gasteiger partial charge in [-0.2, -0.15) is 13.2 Å². The fraction of sp³-hybridized carbons (Fsp3) is 0.417. The van der Waals surface area contributed by atoms with Gasteiger partial charge in [-0.15, -0.1) is 0 Å². The summed E-state index contributed by atoms with van der Waals surface area (Å²) in [6.45, 7) is 4.16. The Balaban J connectivity index is 1.61. The van der Waals surface area contributed by atoms with Crippen LogP contribution in [-0.2, 0) is 22.4 Å². The molecule has 2 aromatic carbocycles. The SMILES string of the molecule is CCc1ccc2c(c1)-c1cc(CC)ccc1C2NC(=O)C1CCC(C(F)(F)F)NC1=O. The molecule has 4 rings (SSSR count). The molecule has 164 valence electrons. The molecule has 0 aromatic heterocycles. The van der Waals surface area contributed by atoms with E-state index in [0.717, 1.165) is 35.1 Å². The van der Waals surface area contributed by atoms with Gasteiger partial charge in [0, 0.05) is 0 Å². The number of benzene rings is 2. The van der Waals surface area contributed by atoms with Crippen LogP contribution in [0.4, 0.5) is 13.2 Å². The smallest absolute Gasteiger partial charge is 0.344 e. The van der Waals surface area contributed by atoms with Gasteiger partial charge < -0.3 is 10.6 Å². The lowest BCUT2D eigenvalue weighted by atomic mass is 9.92. The number of piperidine rings is 1. The second-order valence-electron chi connectivity index (χ2n) is 8.22. The maximum absolute atomic E-state index is 12.9. The van der Waals surface area contributed by atoms with Crippen molar-refractivity contribution in [2.24, 2.45) is 5.92 Å². The molecule has 0 saturated carbocycles. The summed E-state index contributed by atoms with van der Waals surface area (Å²) in [5.74, 6) is -2.54. The van der Waals surface area contributed by atoms with E-state index in [9.17, 15) is 22.8 Å². The molecule has 2 aromatic rings. The molecule has 1 saturated heterocycles. The number of carbonyl (C=O) groups excluding carboxylic acids is 2. The van der Waals surface area contributed by atoms with Crippen LogP contribution < -0.4 is 10.6 Å². The average Bonchev–Trinajstić information content (AvgIpc) is 3.05. The fourth-order valence-corrected chi connectivity index (χ4v) is 4.49. The highest BCUT2D eigenvalue weighted by Crippen LogP contribution is 2.44. The van der Waals surface area contributed by atoms with E-state index in [4.69, 9.17) is 0 Å². The highest BCUT2D eigenvalue weighted by atomic mass is 19.4. The summed E-state index contributed by atoms with van der Waals surface area (Å²) in [5.41, 5.74) is 6.36. The van der Waals surface area contributed by atoms with Crippen LogP contribution in [0.1, 0.15) is 55.0 Å². The van der Waals surface area contributed by atoms with Crippen molar-refractivity contribution >= 4 is 11.8 Å². The molecule has 0 spiro atoms. The number of nitrogens with one attached hydrogen (secondary N) is 2. The van der Waals surface area contributed by atoms with Gasteiger partial charge in [-0.3, -0.25) is 9.59 Å². The lowest BCUT2D eigenvalue weighted by molar-refractivity contribution is -0.171. The van der Waals surface area contributed by atoms with Crippen molar-refractivity contribution in [3.63, 3.8) is 0 Å². The van der Waals surface area contributed by atoms with Gasteiger partial charge in [0.15, 0.2) is 0 Å². The Kier molecular flexibility index (Phi) is 5.54. The third kappa shape index (κ3) is 3.93. The molecule has 4 nitrogen and oxygen atoms in total. The van der Waals surface area contributed by atoms with E-state index in [-0.39, 0.29) is 12.8 Å². The second kappa shape index (κ2) is 8.02. The van der Waals surface area contributed by atoms with Gasteiger partial charge in [-0.25, -0.2) is 0 Å². The Bertz CT molecular complexity index is 978. The maximum atomic E-state index is 12.9. The first-order chi connectivity index (χ1) is 14.7. The molecule has 1 aliphatic carbocycles. The van der Waals surface area contributed by atoms with Gasteiger partial charge in [-0.1, -0.05) is 50.2 Å². The molecule has 31 heavy (non-hydrogen) atoms. The Hall–Kier alpha value is -2.83. The molecule has 1 aliphatic heterocycles. The topological polar surface area (TPSA) is 58.2 Å². The van der Waals surface area contributed by atoms with Crippen LogP contribution in [0.25, 0.3) is 11.1 Å². The minimum absolute atomic E-state index is 0.127. The van der Waals surface area contributed by atoms with Crippen LogP contribution in [0.15, 0.2) is 36.4 Å². The van der Waals surface area contributed by atoms with Gasteiger partial charge in [0.1, 0.15) is 12.0 Å². The van der Waals surface area contributed by atoms with Crippen molar-refractivity contribution in [2.75, 3.05) is 0 Å². The molecule has 0 bridgehead atoms. The fourth-order valence-electron chi connectivity index (χ4n) is 4.49. The summed E-state index contributed by atoms with van der Waals surface area (Å²) in [7, 11) is 0.